The lowest BCUT2D eigenvalue weighted by Gasteiger charge is -2.34. The smallest absolute Gasteiger partial charge is 0.170 e. The van der Waals surface area contributed by atoms with Crippen molar-refractivity contribution in [2.75, 3.05) is 7.05 Å². The first-order valence-electron chi connectivity index (χ1n) is 6.18. The Kier molecular flexibility index (Phi) is 4.73. The molecule has 4 heteroatoms. The fraction of sp³-hybridized carbons (Fsp3) is 0.500. The van der Waals surface area contributed by atoms with E-state index in [0.717, 1.165) is 18.5 Å². The molecule has 0 aliphatic rings. The van der Waals surface area contributed by atoms with Crippen LogP contribution in [-0.2, 0) is 6.54 Å². The van der Waals surface area contributed by atoms with Gasteiger partial charge in [-0.05, 0) is 32.9 Å². The van der Waals surface area contributed by atoms with Crippen LogP contribution in [0.3, 0.4) is 0 Å². The van der Waals surface area contributed by atoms with Crippen molar-refractivity contribution >= 4 is 5.84 Å². The molecule has 0 radical (unpaired) electrons. The van der Waals surface area contributed by atoms with Gasteiger partial charge < -0.3 is 10.9 Å². The molecule has 1 aromatic carbocycles. The van der Waals surface area contributed by atoms with E-state index in [4.69, 9.17) is 10.9 Å². The second kappa shape index (κ2) is 5.87. The third kappa shape index (κ3) is 3.47. The maximum Gasteiger partial charge on any atom is 0.170 e. The fourth-order valence-electron chi connectivity index (χ4n) is 1.60. The van der Waals surface area contributed by atoms with E-state index in [9.17, 15) is 0 Å². The molecular formula is C14H23N3O. The molecule has 0 aliphatic heterocycles. The van der Waals surface area contributed by atoms with E-state index in [-0.39, 0.29) is 11.4 Å². The second-order valence-electron chi connectivity index (χ2n) is 5.20. The first kappa shape index (κ1) is 14.5. The fourth-order valence-corrected chi connectivity index (χ4v) is 1.60. The summed E-state index contributed by atoms with van der Waals surface area (Å²) in [5.41, 5.74) is 7.66. The minimum Gasteiger partial charge on any atom is -0.409 e. The summed E-state index contributed by atoms with van der Waals surface area (Å²) in [6.45, 7) is 7.55. The molecule has 0 fully saturated rings. The van der Waals surface area contributed by atoms with Crippen LogP contribution >= 0.6 is 0 Å². The normalized spacial score (nSPS) is 13.1. The van der Waals surface area contributed by atoms with Crippen molar-refractivity contribution in [1.82, 2.24) is 4.90 Å². The molecule has 0 bridgehead atoms. The number of hydrogen-bond acceptors (Lipinski definition) is 3. The number of nitrogens with two attached hydrogens (primary N) is 1. The molecule has 1 aromatic rings. The van der Waals surface area contributed by atoms with Crippen LogP contribution in [0.4, 0.5) is 0 Å². The van der Waals surface area contributed by atoms with Crippen LogP contribution in [0, 0.1) is 0 Å². The zero-order valence-corrected chi connectivity index (χ0v) is 11.6. The predicted octanol–water partition coefficient (Wildman–Crippen LogP) is 2.40. The second-order valence-corrected chi connectivity index (χ2v) is 5.20. The van der Waals surface area contributed by atoms with Gasteiger partial charge in [-0.25, -0.2) is 0 Å². The lowest BCUT2D eigenvalue weighted by molar-refractivity contribution is 0.143. The standard InChI is InChI=1S/C14H23N3O/c1-5-14(2,3)17(4)10-11-6-8-12(9-7-11)13(15)16-18/h6-9,18H,5,10H2,1-4H3,(H2,15,16). The molecule has 0 heterocycles. The van der Waals surface area contributed by atoms with Crippen molar-refractivity contribution in [2.45, 2.75) is 39.3 Å². The highest BCUT2D eigenvalue weighted by atomic mass is 16.4. The van der Waals surface area contributed by atoms with Gasteiger partial charge in [0.05, 0.1) is 0 Å². The van der Waals surface area contributed by atoms with Gasteiger partial charge in [0.1, 0.15) is 0 Å². The Morgan fingerprint density at radius 1 is 1.33 bits per heavy atom. The summed E-state index contributed by atoms with van der Waals surface area (Å²) < 4.78 is 0. The van der Waals surface area contributed by atoms with E-state index in [0.29, 0.717) is 0 Å². The third-order valence-electron chi connectivity index (χ3n) is 3.68. The van der Waals surface area contributed by atoms with Crippen LogP contribution in [0.2, 0.25) is 0 Å². The average molecular weight is 249 g/mol. The van der Waals surface area contributed by atoms with Crippen molar-refractivity contribution < 1.29 is 5.21 Å². The topological polar surface area (TPSA) is 61.8 Å². The van der Waals surface area contributed by atoms with E-state index in [1.807, 2.05) is 24.3 Å². The summed E-state index contributed by atoms with van der Waals surface area (Å²) in [6.07, 6.45) is 1.10. The molecule has 100 valence electrons. The summed E-state index contributed by atoms with van der Waals surface area (Å²) in [5, 5.41) is 11.6. The molecule has 1 rings (SSSR count). The van der Waals surface area contributed by atoms with Crippen LogP contribution < -0.4 is 5.73 Å². The predicted molar refractivity (Wildman–Crippen MR) is 74.8 cm³/mol. The minimum atomic E-state index is 0.142. The molecule has 0 amide bonds. The van der Waals surface area contributed by atoms with Gasteiger partial charge in [-0.3, -0.25) is 4.90 Å². The molecule has 4 nitrogen and oxygen atoms in total. The SMILES string of the molecule is CCC(C)(C)N(C)Cc1ccc(C(N)=NO)cc1. The molecule has 3 N–H and O–H groups in total. The highest BCUT2D eigenvalue weighted by molar-refractivity contribution is 5.96. The number of benzene rings is 1. The van der Waals surface area contributed by atoms with E-state index in [1.54, 1.807) is 0 Å². The molecule has 0 aromatic heterocycles. The number of amidine groups is 1. The van der Waals surface area contributed by atoms with Gasteiger partial charge in [-0.1, -0.05) is 36.3 Å². The average Bonchev–Trinajstić information content (AvgIpc) is 2.38. The van der Waals surface area contributed by atoms with Crippen molar-refractivity contribution in [3.63, 3.8) is 0 Å². The van der Waals surface area contributed by atoms with Crippen LogP contribution in [-0.4, -0.2) is 28.5 Å². The Hall–Kier alpha value is -1.55. The van der Waals surface area contributed by atoms with Crippen LogP contribution in [0.25, 0.3) is 0 Å². The van der Waals surface area contributed by atoms with Crippen molar-refractivity contribution in [2.24, 2.45) is 10.9 Å². The summed E-state index contributed by atoms with van der Waals surface area (Å²) in [7, 11) is 2.13. The first-order valence-corrected chi connectivity index (χ1v) is 6.18. The first-order chi connectivity index (χ1) is 8.40. The number of nitrogens with zero attached hydrogens (tertiary/aromatic N) is 2. The van der Waals surface area contributed by atoms with Gasteiger partial charge in [-0.15, -0.1) is 0 Å². The number of hydrogen-bond donors (Lipinski definition) is 2. The molecule has 0 atom stereocenters. The van der Waals surface area contributed by atoms with Crippen molar-refractivity contribution in [1.29, 1.82) is 0 Å². The summed E-state index contributed by atoms with van der Waals surface area (Å²) in [5.74, 6) is 0.142. The van der Waals surface area contributed by atoms with Gasteiger partial charge in [0, 0.05) is 17.6 Å². The molecule has 0 aliphatic carbocycles. The van der Waals surface area contributed by atoms with Crippen molar-refractivity contribution in [3.8, 4) is 0 Å². The molecular weight excluding hydrogens is 226 g/mol. The van der Waals surface area contributed by atoms with Crippen molar-refractivity contribution in [3.05, 3.63) is 35.4 Å². The Morgan fingerprint density at radius 3 is 2.33 bits per heavy atom. The van der Waals surface area contributed by atoms with E-state index in [1.165, 1.54) is 5.56 Å². The summed E-state index contributed by atoms with van der Waals surface area (Å²) in [6, 6.07) is 7.76. The maximum absolute atomic E-state index is 8.60. The summed E-state index contributed by atoms with van der Waals surface area (Å²) in [4.78, 5) is 2.32. The van der Waals surface area contributed by atoms with Gasteiger partial charge in [0.25, 0.3) is 0 Å². The lowest BCUT2D eigenvalue weighted by Crippen LogP contribution is -2.39. The molecule has 0 saturated carbocycles. The van der Waals surface area contributed by atoms with Gasteiger partial charge in [0.2, 0.25) is 0 Å². The van der Waals surface area contributed by atoms with E-state index < -0.39 is 0 Å². The van der Waals surface area contributed by atoms with Crippen LogP contribution in [0.15, 0.2) is 29.4 Å². The van der Waals surface area contributed by atoms with Gasteiger partial charge in [0.15, 0.2) is 5.84 Å². The zero-order valence-electron chi connectivity index (χ0n) is 11.6. The van der Waals surface area contributed by atoms with Crippen LogP contribution in [0.5, 0.6) is 0 Å². The zero-order chi connectivity index (χ0) is 13.8. The Bertz CT molecular complexity index is 410. The monoisotopic (exact) mass is 249 g/mol. The Morgan fingerprint density at radius 2 is 1.89 bits per heavy atom. The number of rotatable bonds is 5. The largest absolute Gasteiger partial charge is 0.409 e. The Labute approximate surface area is 109 Å². The minimum absolute atomic E-state index is 0.142. The molecule has 0 spiro atoms. The van der Waals surface area contributed by atoms with Gasteiger partial charge >= 0.3 is 0 Å². The van der Waals surface area contributed by atoms with Crippen LogP contribution in [0.1, 0.15) is 38.3 Å². The Balaban J connectivity index is 2.76. The van der Waals surface area contributed by atoms with E-state index >= 15 is 0 Å². The highest BCUT2D eigenvalue weighted by Gasteiger charge is 2.20. The van der Waals surface area contributed by atoms with Gasteiger partial charge in [-0.2, -0.15) is 0 Å². The third-order valence-corrected chi connectivity index (χ3v) is 3.68. The number of oxime groups is 1. The quantitative estimate of drug-likeness (QED) is 0.364. The lowest BCUT2D eigenvalue weighted by atomic mass is 9.99. The van der Waals surface area contributed by atoms with E-state index in [2.05, 4.69) is 37.9 Å². The molecule has 0 saturated heterocycles. The maximum atomic E-state index is 8.60. The molecule has 0 unspecified atom stereocenters. The summed E-state index contributed by atoms with van der Waals surface area (Å²) >= 11 is 0. The molecule has 18 heavy (non-hydrogen) atoms. The highest BCUT2D eigenvalue weighted by Crippen LogP contribution is 2.19.